The number of hydrogen-bond acceptors (Lipinski definition) is 3. The lowest BCUT2D eigenvalue weighted by molar-refractivity contribution is 1.10. The molecular weight excluding hydrogens is 373 g/mol. The summed E-state index contributed by atoms with van der Waals surface area (Å²) in [5.41, 5.74) is 1.86. The van der Waals surface area contributed by atoms with Gasteiger partial charge in [-0.1, -0.05) is 39.7 Å². The van der Waals surface area contributed by atoms with Gasteiger partial charge < -0.3 is 5.32 Å². The minimum atomic E-state index is 0.217. The van der Waals surface area contributed by atoms with Gasteiger partial charge in [-0.25, -0.2) is 9.97 Å². The van der Waals surface area contributed by atoms with Crippen molar-refractivity contribution in [3.8, 4) is 0 Å². The number of hydrogen-bond donors (Lipinski definition) is 1. The monoisotopic (exact) mass is 381 g/mol. The molecule has 0 atom stereocenters. The quantitative estimate of drug-likeness (QED) is 0.623. The highest BCUT2D eigenvalue weighted by molar-refractivity contribution is 9.10. The molecule has 0 aliphatic carbocycles. The van der Waals surface area contributed by atoms with Gasteiger partial charge in [0, 0.05) is 21.4 Å². The first kappa shape index (κ1) is 14.6. The van der Waals surface area contributed by atoms with Crippen molar-refractivity contribution in [3.05, 3.63) is 62.8 Å². The van der Waals surface area contributed by atoms with E-state index < -0.39 is 0 Å². The Kier molecular flexibility index (Phi) is 4.29. The van der Waals surface area contributed by atoms with Gasteiger partial charge in [-0.15, -0.1) is 0 Å². The molecular formula is C15H10BrCl2N3. The molecule has 2 aromatic carbocycles. The maximum atomic E-state index is 5.98. The number of nitrogens with one attached hydrogen (secondary N) is 1. The molecule has 1 heterocycles. The minimum absolute atomic E-state index is 0.217. The fourth-order valence-electron chi connectivity index (χ4n) is 2.04. The summed E-state index contributed by atoms with van der Waals surface area (Å²) >= 11 is 15.4. The van der Waals surface area contributed by atoms with Crippen LogP contribution in [0.4, 0.5) is 5.82 Å². The van der Waals surface area contributed by atoms with Crippen molar-refractivity contribution in [2.75, 3.05) is 5.32 Å². The number of anilines is 1. The maximum absolute atomic E-state index is 5.98. The molecule has 21 heavy (non-hydrogen) atoms. The molecule has 0 amide bonds. The van der Waals surface area contributed by atoms with Gasteiger partial charge in [-0.05, 0) is 47.5 Å². The van der Waals surface area contributed by atoms with E-state index in [4.69, 9.17) is 23.2 Å². The second kappa shape index (κ2) is 6.18. The number of fused-ring (bicyclic) bond motifs is 1. The Hall–Kier alpha value is -1.36. The fourth-order valence-corrected chi connectivity index (χ4v) is 2.78. The van der Waals surface area contributed by atoms with Gasteiger partial charge in [-0.2, -0.15) is 0 Å². The van der Waals surface area contributed by atoms with Gasteiger partial charge in [0.25, 0.3) is 0 Å². The molecule has 3 rings (SSSR count). The average molecular weight is 383 g/mol. The molecule has 6 heteroatoms. The second-order valence-electron chi connectivity index (χ2n) is 4.49. The molecule has 0 aliphatic rings. The molecule has 0 fully saturated rings. The molecule has 0 spiro atoms. The van der Waals surface area contributed by atoms with Crippen molar-refractivity contribution in [1.29, 1.82) is 0 Å². The summed E-state index contributed by atoms with van der Waals surface area (Å²) in [6.45, 7) is 0.610. The lowest BCUT2D eigenvalue weighted by Gasteiger charge is -2.09. The summed E-state index contributed by atoms with van der Waals surface area (Å²) in [6, 6.07) is 13.5. The number of benzene rings is 2. The van der Waals surface area contributed by atoms with Crippen molar-refractivity contribution < 1.29 is 0 Å². The van der Waals surface area contributed by atoms with Crippen LogP contribution in [0.1, 0.15) is 5.56 Å². The minimum Gasteiger partial charge on any atom is -0.365 e. The molecule has 3 aromatic rings. The normalized spacial score (nSPS) is 10.8. The average Bonchev–Trinajstić information content (AvgIpc) is 2.44. The summed E-state index contributed by atoms with van der Waals surface area (Å²) < 4.78 is 0.950. The van der Waals surface area contributed by atoms with Crippen molar-refractivity contribution in [2.45, 2.75) is 6.54 Å². The topological polar surface area (TPSA) is 37.8 Å². The third kappa shape index (κ3) is 3.46. The molecule has 1 N–H and O–H groups in total. The Labute approximate surface area is 140 Å². The largest absolute Gasteiger partial charge is 0.365 e. The van der Waals surface area contributed by atoms with Crippen LogP contribution in [0.2, 0.25) is 10.3 Å². The van der Waals surface area contributed by atoms with Gasteiger partial charge in [0.05, 0.1) is 5.52 Å². The lowest BCUT2D eigenvalue weighted by Crippen LogP contribution is -2.03. The highest BCUT2D eigenvalue weighted by Crippen LogP contribution is 2.25. The van der Waals surface area contributed by atoms with Crippen LogP contribution in [0.15, 0.2) is 46.9 Å². The predicted octanol–water partition coefficient (Wildman–Crippen LogP) is 5.31. The Balaban J connectivity index is 1.93. The molecule has 0 radical (unpaired) electrons. The van der Waals surface area contributed by atoms with E-state index in [2.05, 4.69) is 31.2 Å². The molecule has 106 valence electrons. The highest BCUT2D eigenvalue weighted by Gasteiger charge is 2.07. The Morgan fingerprint density at radius 2 is 1.90 bits per heavy atom. The van der Waals surface area contributed by atoms with E-state index in [9.17, 15) is 0 Å². The van der Waals surface area contributed by atoms with Crippen LogP contribution in [0.3, 0.4) is 0 Å². The highest BCUT2D eigenvalue weighted by atomic mass is 79.9. The smallest absolute Gasteiger partial charge is 0.224 e. The summed E-state index contributed by atoms with van der Waals surface area (Å²) in [7, 11) is 0. The zero-order valence-corrected chi connectivity index (χ0v) is 13.9. The van der Waals surface area contributed by atoms with E-state index >= 15 is 0 Å². The van der Waals surface area contributed by atoms with E-state index in [0.717, 1.165) is 20.9 Å². The van der Waals surface area contributed by atoms with Crippen molar-refractivity contribution in [3.63, 3.8) is 0 Å². The van der Waals surface area contributed by atoms with Crippen molar-refractivity contribution in [2.24, 2.45) is 0 Å². The number of nitrogens with zero attached hydrogens (tertiary/aromatic N) is 2. The first-order valence-corrected chi connectivity index (χ1v) is 7.78. The molecule has 0 bridgehead atoms. The van der Waals surface area contributed by atoms with Crippen molar-refractivity contribution >= 4 is 55.9 Å². The van der Waals surface area contributed by atoms with Crippen LogP contribution >= 0.6 is 39.1 Å². The molecule has 0 aliphatic heterocycles. The molecule has 3 nitrogen and oxygen atoms in total. The third-order valence-corrected chi connectivity index (χ3v) is 3.88. The predicted molar refractivity (Wildman–Crippen MR) is 91.0 cm³/mol. The van der Waals surface area contributed by atoms with Crippen molar-refractivity contribution in [1.82, 2.24) is 9.97 Å². The zero-order valence-electron chi connectivity index (χ0n) is 10.8. The van der Waals surface area contributed by atoms with Crippen LogP contribution in [-0.2, 0) is 6.54 Å². The molecule has 1 aromatic heterocycles. The Morgan fingerprint density at radius 3 is 2.71 bits per heavy atom. The van der Waals surface area contributed by atoms with E-state index in [1.165, 1.54) is 0 Å². The van der Waals surface area contributed by atoms with Gasteiger partial charge >= 0.3 is 0 Å². The maximum Gasteiger partial charge on any atom is 0.224 e. The van der Waals surface area contributed by atoms with Crippen LogP contribution in [-0.4, -0.2) is 9.97 Å². The van der Waals surface area contributed by atoms with Gasteiger partial charge in [0.1, 0.15) is 5.82 Å². The van der Waals surface area contributed by atoms with E-state index in [1.54, 1.807) is 0 Å². The number of halogens is 3. The standard InChI is InChI=1S/C15H10BrCl2N3/c16-10-4-5-12-13(7-10)20-15(18)21-14(12)19-8-9-2-1-3-11(17)6-9/h1-7H,8H2,(H,19,20,21). The third-order valence-electron chi connectivity index (χ3n) is 2.98. The number of rotatable bonds is 3. The molecule has 0 saturated heterocycles. The lowest BCUT2D eigenvalue weighted by atomic mass is 10.2. The van der Waals surface area contributed by atoms with Gasteiger partial charge in [-0.3, -0.25) is 0 Å². The Bertz CT molecular complexity index is 803. The zero-order chi connectivity index (χ0) is 14.8. The SMILES string of the molecule is Clc1cccc(CNc2nc(Cl)nc3cc(Br)ccc23)c1. The first-order chi connectivity index (χ1) is 10.1. The second-order valence-corrected chi connectivity index (χ2v) is 6.18. The van der Waals surface area contributed by atoms with E-state index in [0.29, 0.717) is 17.4 Å². The molecule has 0 unspecified atom stereocenters. The summed E-state index contributed by atoms with van der Waals surface area (Å²) in [5.74, 6) is 0.706. The summed E-state index contributed by atoms with van der Waals surface area (Å²) in [6.07, 6.45) is 0. The van der Waals surface area contributed by atoms with E-state index in [-0.39, 0.29) is 5.28 Å². The van der Waals surface area contributed by atoms with Crippen LogP contribution in [0.5, 0.6) is 0 Å². The summed E-state index contributed by atoms with van der Waals surface area (Å²) in [5, 5.41) is 5.13. The van der Waals surface area contributed by atoms with Gasteiger partial charge in [0.2, 0.25) is 5.28 Å². The van der Waals surface area contributed by atoms with Crippen LogP contribution in [0, 0.1) is 0 Å². The molecule has 0 saturated carbocycles. The van der Waals surface area contributed by atoms with Gasteiger partial charge in [0.15, 0.2) is 0 Å². The summed E-state index contributed by atoms with van der Waals surface area (Å²) in [4.78, 5) is 8.49. The fraction of sp³-hybridized carbons (Fsp3) is 0.0667. The van der Waals surface area contributed by atoms with Crippen LogP contribution < -0.4 is 5.32 Å². The Morgan fingerprint density at radius 1 is 1.05 bits per heavy atom. The first-order valence-electron chi connectivity index (χ1n) is 6.23. The van der Waals surface area contributed by atoms with E-state index in [1.807, 2.05) is 42.5 Å². The number of aromatic nitrogens is 2. The van der Waals surface area contributed by atoms with Crippen LogP contribution in [0.25, 0.3) is 10.9 Å².